The van der Waals surface area contributed by atoms with Crippen molar-refractivity contribution in [2.24, 2.45) is 0 Å². The number of piperazine rings is 1. The van der Waals surface area contributed by atoms with Crippen molar-refractivity contribution in [1.29, 1.82) is 0 Å². The Hall–Kier alpha value is -3.79. The Kier molecular flexibility index (Phi) is 6.60. The number of rotatable bonds is 7. The average Bonchev–Trinajstić information content (AvgIpc) is 2.84. The monoisotopic (exact) mass is 485 g/mol. The number of hydrogen-bond acceptors (Lipinski definition) is 6. The molecule has 0 aliphatic carbocycles. The molecule has 3 aromatic carbocycles. The molecule has 8 nitrogen and oxygen atoms in total. The molecule has 0 bridgehead atoms. The van der Waals surface area contributed by atoms with Crippen molar-refractivity contribution < 1.29 is 27.4 Å². The van der Waals surface area contributed by atoms with E-state index >= 15 is 0 Å². The summed E-state index contributed by atoms with van der Waals surface area (Å²) in [6.07, 6.45) is 0. The average molecular weight is 486 g/mol. The van der Waals surface area contributed by atoms with Gasteiger partial charge in [-0.1, -0.05) is 12.1 Å². The summed E-state index contributed by atoms with van der Waals surface area (Å²) in [6, 6.07) is 16.9. The lowest BCUT2D eigenvalue weighted by Crippen LogP contribution is -2.46. The third kappa shape index (κ3) is 4.91. The number of aromatic carboxylic acids is 1. The number of nitrogens with zero attached hydrogens (tertiary/aromatic N) is 2. The summed E-state index contributed by atoms with van der Waals surface area (Å²) < 4.78 is 47.0. The van der Waals surface area contributed by atoms with E-state index in [9.17, 15) is 22.7 Å². The van der Waals surface area contributed by atoms with Crippen molar-refractivity contribution in [3.63, 3.8) is 0 Å². The minimum Gasteiger partial charge on any atom is -0.497 e. The van der Waals surface area contributed by atoms with Crippen LogP contribution in [0.5, 0.6) is 5.75 Å². The van der Waals surface area contributed by atoms with Crippen LogP contribution in [0.15, 0.2) is 71.6 Å². The predicted octanol–water partition coefficient (Wildman–Crippen LogP) is 3.66. The van der Waals surface area contributed by atoms with E-state index in [1.54, 1.807) is 24.3 Å². The maximum Gasteiger partial charge on any atom is 0.337 e. The van der Waals surface area contributed by atoms with Gasteiger partial charge in [0.1, 0.15) is 11.6 Å². The second-order valence-corrected chi connectivity index (χ2v) is 9.42. The number of methoxy groups -OCH3 is 1. The van der Waals surface area contributed by atoms with Gasteiger partial charge in [0.25, 0.3) is 10.0 Å². The number of carboxylic acids is 1. The van der Waals surface area contributed by atoms with Gasteiger partial charge in [-0.05, 0) is 54.6 Å². The number of carbonyl (C=O) groups is 1. The maximum atomic E-state index is 14.1. The number of sulfonamides is 1. The molecule has 0 atom stereocenters. The molecule has 4 rings (SSSR count). The summed E-state index contributed by atoms with van der Waals surface area (Å²) in [6.45, 7) is 2.25. The van der Waals surface area contributed by atoms with Gasteiger partial charge >= 0.3 is 5.97 Å². The Morgan fingerprint density at radius 2 is 1.62 bits per heavy atom. The maximum absolute atomic E-state index is 14.1. The molecule has 1 aliphatic heterocycles. The molecule has 1 aliphatic rings. The van der Waals surface area contributed by atoms with E-state index in [0.29, 0.717) is 43.3 Å². The number of halogens is 1. The van der Waals surface area contributed by atoms with Gasteiger partial charge in [0.15, 0.2) is 0 Å². The highest BCUT2D eigenvalue weighted by Crippen LogP contribution is 2.28. The molecular weight excluding hydrogens is 461 g/mol. The summed E-state index contributed by atoms with van der Waals surface area (Å²) in [5.41, 5.74) is 0.998. The van der Waals surface area contributed by atoms with Gasteiger partial charge in [0.05, 0.1) is 28.9 Å². The summed E-state index contributed by atoms with van der Waals surface area (Å²) in [7, 11) is -2.52. The summed E-state index contributed by atoms with van der Waals surface area (Å²) in [5.74, 6) is -1.03. The molecular formula is C24H24FN3O5S. The van der Waals surface area contributed by atoms with E-state index in [2.05, 4.69) is 4.72 Å². The van der Waals surface area contributed by atoms with Crippen LogP contribution in [0.4, 0.5) is 21.5 Å². The zero-order valence-corrected chi connectivity index (χ0v) is 19.3. The van der Waals surface area contributed by atoms with Gasteiger partial charge < -0.3 is 19.6 Å². The van der Waals surface area contributed by atoms with E-state index in [1.807, 2.05) is 9.80 Å². The van der Waals surface area contributed by atoms with Gasteiger partial charge in [-0.25, -0.2) is 17.6 Å². The van der Waals surface area contributed by atoms with Crippen molar-refractivity contribution in [3.05, 3.63) is 78.1 Å². The molecule has 0 saturated carbocycles. The molecule has 2 N–H and O–H groups in total. The second-order valence-electron chi connectivity index (χ2n) is 7.74. The Balaban J connectivity index is 1.52. The third-order valence-corrected chi connectivity index (χ3v) is 7.07. The normalized spacial score (nSPS) is 14.1. The molecule has 1 saturated heterocycles. The first-order valence-electron chi connectivity index (χ1n) is 10.6. The van der Waals surface area contributed by atoms with Crippen LogP contribution in [0, 0.1) is 5.82 Å². The molecule has 0 aromatic heterocycles. The molecule has 0 spiro atoms. The Bertz CT molecular complexity index is 1290. The number of benzene rings is 3. The number of anilines is 3. The van der Waals surface area contributed by atoms with Crippen LogP contribution in [-0.4, -0.2) is 52.8 Å². The highest BCUT2D eigenvalue weighted by molar-refractivity contribution is 7.92. The Morgan fingerprint density at radius 1 is 0.971 bits per heavy atom. The van der Waals surface area contributed by atoms with Gasteiger partial charge in [-0.15, -0.1) is 0 Å². The number of ether oxygens (including phenoxy) is 1. The lowest BCUT2D eigenvalue weighted by molar-refractivity contribution is 0.0698. The first-order chi connectivity index (χ1) is 16.3. The Morgan fingerprint density at radius 3 is 2.24 bits per heavy atom. The summed E-state index contributed by atoms with van der Waals surface area (Å²) in [5, 5.41) is 9.73. The zero-order valence-electron chi connectivity index (χ0n) is 18.4. The lowest BCUT2D eigenvalue weighted by Gasteiger charge is -2.37. The number of para-hydroxylation sites is 1. The predicted molar refractivity (Wildman–Crippen MR) is 128 cm³/mol. The van der Waals surface area contributed by atoms with Gasteiger partial charge in [-0.3, -0.25) is 4.72 Å². The molecule has 3 aromatic rings. The lowest BCUT2D eigenvalue weighted by atomic mass is 10.1. The van der Waals surface area contributed by atoms with Gasteiger partial charge in [0, 0.05) is 31.9 Å². The van der Waals surface area contributed by atoms with Crippen molar-refractivity contribution in [2.45, 2.75) is 4.90 Å². The van der Waals surface area contributed by atoms with E-state index < -0.39 is 16.0 Å². The molecule has 0 amide bonds. The molecule has 1 heterocycles. The van der Waals surface area contributed by atoms with Crippen molar-refractivity contribution >= 4 is 33.1 Å². The van der Waals surface area contributed by atoms with E-state index in [0.717, 1.165) is 0 Å². The largest absolute Gasteiger partial charge is 0.497 e. The zero-order chi connectivity index (χ0) is 24.3. The topological polar surface area (TPSA) is 99.2 Å². The van der Waals surface area contributed by atoms with E-state index in [4.69, 9.17) is 4.74 Å². The summed E-state index contributed by atoms with van der Waals surface area (Å²) >= 11 is 0. The molecule has 34 heavy (non-hydrogen) atoms. The van der Waals surface area contributed by atoms with Crippen LogP contribution >= 0.6 is 0 Å². The molecule has 0 unspecified atom stereocenters. The fraction of sp³-hybridized carbons (Fsp3) is 0.208. The molecule has 10 heteroatoms. The minimum absolute atomic E-state index is 0.0158. The quantitative estimate of drug-likeness (QED) is 0.527. The Labute approximate surface area is 197 Å². The van der Waals surface area contributed by atoms with Crippen LogP contribution in [0.1, 0.15) is 10.4 Å². The highest BCUT2D eigenvalue weighted by Gasteiger charge is 2.23. The fourth-order valence-electron chi connectivity index (χ4n) is 3.87. The smallest absolute Gasteiger partial charge is 0.337 e. The minimum atomic E-state index is -4.00. The van der Waals surface area contributed by atoms with E-state index in [1.165, 1.54) is 49.6 Å². The van der Waals surface area contributed by atoms with Gasteiger partial charge in [-0.2, -0.15) is 0 Å². The summed E-state index contributed by atoms with van der Waals surface area (Å²) in [4.78, 5) is 15.8. The van der Waals surface area contributed by atoms with Crippen molar-refractivity contribution in [3.8, 4) is 5.75 Å². The highest BCUT2D eigenvalue weighted by atomic mass is 32.2. The molecule has 1 fully saturated rings. The fourth-order valence-corrected chi connectivity index (χ4v) is 4.95. The van der Waals surface area contributed by atoms with Crippen LogP contribution < -0.4 is 19.3 Å². The molecule has 178 valence electrons. The molecule has 0 radical (unpaired) electrons. The number of nitrogens with one attached hydrogen (secondary N) is 1. The van der Waals surface area contributed by atoms with Crippen LogP contribution in [0.25, 0.3) is 0 Å². The number of hydrogen-bond donors (Lipinski definition) is 2. The van der Waals surface area contributed by atoms with Crippen LogP contribution in [-0.2, 0) is 10.0 Å². The first-order valence-corrected chi connectivity index (χ1v) is 12.1. The standard InChI is InChI=1S/C24H24FN3O5S/c1-33-18-7-9-19(10-8-18)34(31,32)26-22-11-6-17(16-20(22)24(29)30)27-12-14-28(15-13-27)23-5-3-2-4-21(23)25/h2-11,16,26H,12-15H2,1H3,(H,29,30). The first kappa shape index (κ1) is 23.4. The number of carboxylic acid groups (broad SMARTS) is 1. The van der Waals surface area contributed by atoms with Crippen molar-refractivity contribution in [1.82, 2.24) is 0 Å². The SMILES string of the molecule is COc1ccc(S(=O)(=O)Nc2ccc(N3CCN(c4ccccc4F)CC3)cc2C(=O)O)cc1. The van der Waals surface area contributed by atoms with Crippen LogP contribution in [0.3, 0.4) is 0 Å². The van der Waals surface area contributed by atoms with Crippen LogP contribution in [0.2, 0.25) is 0 Å². The van der Waals surface area contributed by atoms with E-state index in [-0.39, 0.29) is 22.0 Å². The third-order valence-electron chi connectivity index (χ3n) is 5.69. The van der Waals surface area contributed by atoms with Gasteiger partial charge in [0.2, 0.25) is 0 Å². The van der Waals surface area contributed by atoms with Crippen molar-refractivity contribution in [2.75, 3.05) is 47.8 Å². The second kappa shape index (κ2) is 9.60.